The molecule has 0 bridgehead atoms. The fraction of sp³-hybridized carbons (Fsp3) is 0.316. The molecule has 0 spiro atoms. The van der Waals surface area contributed by atoms with E-state index in [0.29, 0.717) is 24.1 Å². The van der Waals surface area contributed by atoms with Gasteiger partial charge in [-0.1, -0.05) is 12.1 Å². The number of nitrogens with zero attached hydrogens (tertiary/aromatic N) is 1. The first-order valence-electron chi connectivity index (χ1n) is 8.62. The van der Waals surface area contributed by atoms with Crippen molar-refractivity contribution in [3.63, 3.8) is 0 Å². The molecule has 0 atom stereocenters. The summed E-state index contributed by atoms with van der Waals surface area (Å²) in [4.78, 5) is 11.7. The van der Waals surface area contributed by atoms with E-state index in [4.69, 9.17) is 0 Å². The van der Waals surface area contributed by atoms with Gasteiger partial charge in [-0.25, -0.2) is 12.8 Å². The summed E-state index contributed by atoms with van der Waals surface area (Å²) in [5.41, 5.74) is 2.13. The molecular formula is C19H19FN2O3S. The van der Waals surface area contributed by atoms with Crippen LogP contribution >= 0.6 is 0 Å². The van der Waals surface area contributed by atoms with E-state index in [9.17, 15) is 17.6 Å². The zero-order chi connectivity index (χ0) is 18.3. The van der Waals surface area contributed by atoms with Crippen molar-refractivity contribution in [2.24, 2.45) is 0 Å². The van der Waals surface area contributed by atoms with E-state index in [2.05, 4.69) is 5.32 Å². The largest absolute Gasteiger partial charge is 0.326 e. The number of aryl methyl sites for hydroxylation is 1. The molecule has 2 aromatic carbocycles. The lowest BCUT2D eigenvalue weighted by atomic mass is 10.0. The van der Waals surface area contributed by atoms with Gasteiger partial charge in [0, 0.05) is 24.7 Å². The number of carbonyl (C=O) groups excluding carboxylic acids is 1. The van der Waals surface area contributed by atoms with E-state index >= 15 is 0 Å². The lowest BCUT2D eigenvalue weighted by molar-refractivity contribution is -0.116. The summed E-state index contributed by atoms with van der Waals surface area (Å²) >= 11 is 0. The van der Waals surface area contributed by atoms with Gasteiger partial charge in [-0.15, -0.1) is 0 Å². The Kier molecular flexibility index (Phi) is 4.28. The molecule has 1 saturated carbocycles. The molecule has 1 aliphatic carbocycles. The minimum Gasteiger partial charge on any atom is -0.326 e. The summed E-state index contributed by atoms with van der Waals surface area (Å²) in [5.74, 6) is -0.431. The van der Waals surface area contributed by atoms with Crippen LogP contribution in [0.15, 0.2) is 47.4 Å². The topological polar surface area (TPSA) is 66.5 Å². The Bertz CT molecular complexity index is 970. The van der Waals surface area contributed by atoms with E-state index < -0.39 is 10.0 Å². The quantitative estimate of drug-likeness (QED) is 0.875. The zero-order valence-electron chi connectivity index (χ0n) is 14.1. The number of sulfonamides is 1. The number of anilines is 1. The molecule has 7 heteroatoms. The average molecular weight is 374 g/mol. The summed E-state index contributed by atoms with van der Waals surface area (Å²) in [6, 6.07) is 10.8. The Morgan fingerprint density at radius 1 is 1.12 bits per heavy atom. The predicted octanol–water partition coefficient (Wildman–Crippen LogP) is 3.06. The molecule has 5 nitrogen and oxygen atoms in total. The maximum absolute atomic E-state index is 13.5. The maximum Gasteiger partial charge on any atom is 0.243 e. The highest BCUT2D eigenvalue weighted by molar-refractivity contribution is 7.89. The number of halogens is 1. The van der Waals surface area contributed by atoms with Crippen molar-refractivity contribution in [3.05, 3.63) is 59.4 Å². The SMILES string of the molecule is O=C1CCc2cc(S(=O)(=O)N(Cc3cccc(F)c3)C3CC3)ccc2N1. The molecule has 1 N–H and O–H groups in total. The van der Waals surface area contributed by atoms with Crippen LogP contribution in [0.5, 0.6) is 0 Å². The molecule has 2 aliphatic rings. The van der Waals surface area contributed by atoms with Crippen molar-refractivity contribution >= 4 is 21.6 Å². The molecule has 1 aliphatic heterocycles. The van der Waals surface area contributed by atoms with Crippen molar-refractivity contribution in [3.8, 4) is 0 Å². The second-order valence-electron chi connectivity index (χ2n) is 6.78. The molecular weight excluding hydrogens is 355 g/mol. The zero-order valence-corrected chi connectivity index (χ0v) is 14.9. The van der Waals surface area contributed by atoms with Gasteiger partial charge in [0.25, 0.3) is 0 Å². The summed E-state index contributed by atoms with van der Waals surface area (Å²) in [7, 11) is -3.70. The number of benzene rings is 2. The van der Waals surface area contributed by atoms with Gasteiger partial charge in [0.2, 0.25) is 15.9 Å². The van der Waals surface area contributed by atoms with Crippen LogP contribution in [0.3, 0.4) is 0 Å². The van der Waals surface area contributed by atoms with Crippen molar-refractivity contribution in [2.45, 2.75) is 43.2 Å². The molecule has 136 valence electrons. The summed E-state index contributed by atoms with van der Waals surface area (Å²) in [5, 5.41) is 2.76. The third-order valence-corrected chi connectivity index (χ3v) is 6.65. The van der Waals surface area contributed by atoms with E-state index in [1.54, 1.807) is 24.3 Å². The first kappa shape index (κ1) is 17.2. The standard InChI is InChI=1S/C19H19FN2O3S/c20-15-3-1-2-13(10-15)12-22(16-5-6-16)26(24,25)17-7-8-18-14(11-17)4-9-19(23)21-18/h1-3,7-8,10-11,16H,4-6,9,12H2,(H,21,23). The van der Waals surface area contributed by atoms with Crippen LogP contribution in [-0.2, 0) is 27.8 Å². The van der Waals surface area contributed by atoms with Crippen LogP contribution in [-0.4, -0.2) is 24.7 Å². The molecule has 4 rings (SSSR count). The third-order valence-electron chi connectivity index (χ3n) is 4.76. The van der Waals surface area contributed by atoms with Gasteiger partial charge < -0.3 is 5.32 Å². The van der Waals surface area contributed by atoms with E-state index in [1.165, 1.54) is 22.5 Å². The number of hydrogen-bond acceptors (Lipinski definition) is 3. The summed E-state index contributed by atoms with van der Waals surface area (Å²) < 4.78 is 41.3. The van der Waals surface area contributed by atoms with Crippen molar-refractivity contribution < 1.29 is 17.6 Å². The monoisotopic (exact) mass is 374 g/mol. The van der Waals surface area contributed by atoms with Gasteiger partial charge in [0.05, 0.1) is 4.90 Å². The molecule has 0 unspecified atom stereocenters. The van der Waals surface area contributed by atoms with Crippen LogP contribution in [0.2, 0.25) is 0 Å². The van der Waals surface area contributed by atoms with Crippen molar-refractivity contribution in [1.29, 1.82) is 0 Å². The predicted molar refractivity (Wildman–Crippen MR) is 95.5 cm³/mol. The number of nitrogens with one attached hydrogen (secondary N) is 1. The first-order chi connectivity index (χ1) is 12.4. The molecule has 0 saturated heterocycles. The van der Waals surface area contributed by atoms with Crippen molar-refractivity contribution in [1.82, 2.24) is 4.31 Å². The fourth-order valence-electron chi connectivity index (χ4n) is 3.24. The Balaban J connectivity index is 1.66. The molecule has 1 amide bonds. The lowest BCUT2D eigenvalue weighted by Crippen LogP contribution is -2.33. The van der Waals surface area contributed by atoms with E-state index in [0.717, 1.165) is 18.4 Å². The Morgan fingerprint density at radius 2 is 1.92 bits per heavy atom. The van der Waals surface area contributed by atoms with Gasteiger partial charge in [0.15, 0.2) is 0 Å². The molecule has 26 heavy (non-hydrogen) atoms. The molecule has 0 aromatic heterocycles. The lowest BCUT2D eigenvalue weighted by Gasteiger charge is -2.24. The van der Waals surface area contributed by atoms with Gasteiger partial charge in [-0.3, -0.25) is 4.79 Å². The van der Waals surface area contributed by atoms with E-state index in [1.807, 2.05) is 0 Å². The number of carbonyl (C=O) groups is 1. The first-order valence-corrected chi connectivity index (χ1v) is 10.1. The second kappa shape index (κ2) is 6.48. The Hall–Kier alpha value is -2.25. The Labute approximate surface area is 151 Å². The van der Waals surface area contributed by atoms with Crippen LogP contribution in [0.4, 0.5) is 10.1 Å². The van der Waals surface area contributed by atoms with Gasteiger partial charge in [-0.2, -0.15) is 4.31 Å². The van der Waals surface area contributed by atoms with Crippen LogP contribution < -0.4 is 5.32 Å². The normalized spacial score (nSPS) is 17.1. The molecule has 2 aromatic rings. The van der Waals surface area contributed by atoms with E-state index in [-0.39, 0.29) is 29.2 Å². The highest BCUT2D eigenvalue weighted by Gasteiger charge is 2.38. The van der Waals surface area contributed by atoms with Gasteiger partial charge >= 0.3 is 0 Å². The minimum absolute atomic E-state index is 0.0426. The number of fused-ring (bicyclic) bond motifs is 1. The smallest absolute Gasteiger partial charge is 0.243 e. The van der Waals surface area contributed by atoms with Crippen molar-refractivity contribution in [2.75, 3.05) is 5.32 Å². The van der Waals surface area contributed by atoms with Crippen LogP contribution in [0.1, 0.15) is 30.4 Å². The van der Waals surface area contributed by atoms with Gasteiger partial charge in [-0.05, 0) is 60.7 Å². The third kappa shape index (κ3) is 3.37. The summed E-state index contributed by atoms with van der Waals surface area (Å²) in [6.07, 6.45) is 2.51. The molecule has 1 heterocycles. The fourth-order valence-corrected chi connectivity index (χ4v) is 4.97. The second-order valence-corrected chi connectivity index (χ2v) is 8.67. The van der Waals surface area contributed by atoms with Crippen LogP contribution in [0.25, 0.3) is 0 Å². The average Bonchev–Trinajstić information content (AvgIpc) is 3.44. The van der Waals surface area contributed by atoms with Crippen LogP contribution in [0, 0.1) is 5.82 Å². The molecule has 0 radical (unpaired) electrons. The number of amides is 1. The summed E-state index contributed by atoms with van der Waals surface area (Å²) in [6.45, 7) is 0.151. The molecule has 1 fully saturated rings. The maximum atomic E-state index is 13.5. The van der Waals surface area contributed by atoms with Gasteiger partial charge in [0.1, 0.15) is 5.82 Å². The minimum atomic E-state index is -3.70. The number of rotatable bonds is 5. The highest BCUT2D eigenvalue weighted by atomic mass is 32.2. The Morgan fingerprint density at radius 3 is 2.65 bits per heavy atom. The number of hydrogen-bond donors (Lipinski definition) is 1. The highest BCUT2D eigenvalue weighted by Crippen LogP contribution is 2.35.